The molecule has 2 heterocycles. The fourth-order valence-electron chi connectivity index (χ4n) is 9.01. The van der Waals surface area contributed by atoms with E-state index in [2.05, 4.69) is 200 Å². The third-order valence-electron chi connectivity index (χ3n) is 14.7. The van der Waals surface area contributed by atoms with E-state index in [4.69, 9.17) is 18.6 Å². The van der Waals surface area contributed by atoms with Crippen molar-refractivity contribution in [1.29, 1.82) is 0 Å². The van der Waals surface area contributed by atoms with Gasteiger partial charge < -0.3 is 28.4 Å². The van der Waals surface area contributed by atoms with Gasteiger partial charge in [0.05, 0.1) is 22.4 Å². The number of hydrogen-bond acceptors (Lipinski definition) is 6. The zero-order chi connectivity index (χ0) is 47.0. The van der Waals surface area contributed by atoms with Crippen molar-refractivity contribution >= 4 is 59.3 Å². The average Bonchev–Trinajstić information content (AvgIpc) is 3.67. The van der Waals surface area contributed by atoms with Crippen LogP contribution < -0.4 is 20.7 Å². The first kappa shape index (κ1) is 49.6. The van der Waals surface area contributed by atoms with Crippen molar-refractivity contribution in [3.05, 3.63) is 132 Å². The minimum atomic E-state index is -0.417. The second-order valence-corrected chi connectivity index (χ2v) is 20.9. The lowest BCUT2D eigenvalue weighted by atomic mass is 9.79. The van der Waals surface area contributed by atoms with Crippen LogP contribution in [0.5, 0.6) is 0 Å². The Labute approximate surface area is 400 Å². The molecule has 0 aromatic heterocycles. The molecule has 0 bridgehead atoms. The largest absolute Gasteiger partial charge is 0.494 e. The molecule has 0 radical (unpaired) electrons. The maximum Gasteiger partial charge on any atom is 0.494 e. The summed E-state index contributed by atoms with van der Waals surface area (Å²) in [4.78, 5) is 4.71. The van der Waals surface area contributed by atoms with Crippen LogP contribution in [0.4, 0.5) is 34.1 Å². The van der Waals surface area contributed by atoms with E-state index < -0.39 is 36.6 Å². The van der Waals surface area contributed by atoms with Crippen LogP contribution in [0.3, 0.4) is 0 Å². The summed E-state index contributed by atoms with van der Waals surface area (Å²) >= 11 is 0. The quantitative estimate of drug-likeness (QED) is 0.0509. The Morgan fingerprint density at radius 3 is 0.818 bits per heavy atom. The Morgan fingerprint density at radius 1 is 0.318 bits per heavy atom. The van der Waals surface area contributed by atoms with Crippen LogP contribution in [0.15, 0.2) is 121 Å². The maximum absolute atomic E-state index is 6.44. The van der Waals surface area contributed by atoms with Gasteiger partial charge in [0, 0.05) is 34.1 Å². The molecule has 2 aliphatic heterocycles. The van der Waals surface area contributed by atoms with Crippen molar-refractivity contribution in [2.24, 2.45) is 0 Å². The zero-order valence-corrected chi connectivity index (χ0v) is 42.1. The molecule has 350 valence electrons. The van der Waals surface area contributed by atoms with Gasteiger partial charge in [-0.3, -0.25) is 0 Å². The van der Waals surface area contributed by atoms with E-state index >= 15 is 0 Å². The van der Waals surface area contributed by atoms with Crippen molar-refractivity contribution in [2.75, 3.05) is 9.80 Å². The Kier molecular flexibility index (Phi) is 16.3. The summed E-state index contributed by atoms with van der Waals surface area (Å²) < 4.78 is 25.7. The van der Waals surface area contributed by atoms with Gasteiger partial charge in [0.25, 0.3) is 0 Å². The van der Waals surface area contributed by atoms with E-state index in [-0.39, 0.29) is 0 Å². The molecular formula is C58H78B2N2O4. The molecule has 0 atom stereocenters. The molecule has 2 saturated heterocycles. The number of benzene rings is 5. The maximum atomic E-state index is 6.44. The summed E-state index contributed by atoms with van der Waals surface area (Å²) in [5.41, 5.74) is 9.74. The Balaban J connectivity index is 1.18. The molecule has 0 aliphatic carbocycles. The topological polar surface area (TPSA) is 43.4 Å². The minimum Gasteiger partial charge on any atom is -0.399 e. The molecule has 2 aliphatic rings. The standard InChI is InChI=1S/C58H78B2N2O4/c1-11-13-15-17-19-21-23-45-25-33-49(34-26-45)61(51-37-29-47(30-38-51)59-63-55(3,4)56(5,6)64-59)53-41-43-54(44-42-53)62(50-35-27-46(28-36-50)24-22-20-18-16-14-12-2)52-39-31-48(32-40-52)60-65-57(7,8)58(9,10)66-60/h25-44H,11-24H2,1-10H3. The number of unbranched alkanes of at least 4 members (excludes halogenated alkanes) is 10. The average molecular weight is 889 g/mol. The van der Waals surface area contributed by atoms with Crippen molar-refractivity contribution in [3.63, 3.8) is 0 Å². The SMILES string of the molecule is CCCCCCCCc1ccc(N(c2ccc(B3OC(C)(C)C(C)(C)O3)cc2)c2ccc(N(c3ccc(CCCCCCCC)cc3)c3ccc(B4OC(C)(C)C(C)(C)O4)cc3)cc2)cc1. The lowest BCUT2D eigenvalue weighted by molar-refractivity contribution is 0.00578. The third kappa shape index (κ3) is 11.8. The smallest absolute Gasteiger partial charge is 0.399 e. The van der Waals surface area contributed by atoms with Crippen molar-refractivity contribution in [1.82, 2.24) is 0 Å². The fraction of sp³-hybridized carbons (Fsp3) is 0.483. The van der Waals surface area contributed by atoms with Gasteiger partial charge in [-0.1, -0.05) is 127 Å². The molecule has 5 aromatic rings. The van der Waals surface area contributed by atoms with E-state index in [9.17, 15) is 0 Å². The summed E-state index contributed by atoms with van der Waals surface area (Å²) in [6.07, 6.45) is 17.8. The van der Waals surface area contributed by atoms with Gasteiger partial charge >= 0.3 is 14.2 Å². The zero-order valence-electron chi connectivity index (χ0n) is 42.1. The monoisotopic (exact) mass is 889 g/mol. The summed E-state index contributed by atoms with van der Waals surface area (Å²) in [5.74, 6) is 0. The van der Waals surface area contributed by atoms with Crippen LogP contribution in [-0.2, 0) is 31.5 Å². The van der Waals surface area contributed by atoms with Crippen molar-refractivity contribution in [3.8, 4) is 0 Å². The van der Waals surface area contributed by atoms with Crippen LogP contribution >= 0.6 is 0 Å². The van der Waals surface area contributed by atoms with Gasteiger partial charge in [-0.15, -0.1) is 0 Å². The van der Waals surface area contributed by atoms with Gasteiger partial charge in [0.15, 0.2) is 0 Å². The lowest BCUT2D eigenvalue weighted by Gasteiger charge is -2.32. The number of anilines is 6. The second-order valence-electron chi connectivity index (χ2n) is 20.9. The predicted molar refractivity (Wildman–Crippen MR) is 281 cm³/mol. The predicted octanol–water partition coefficient (Wildman–Crippen LogP) is 15.0. The number of rotatable bonds is 22. The molecule has 0 N–H and O–H groups in total. The van der Waals surface area contributed by atoms with E-state index in [0.29, 0.717) is 0 Å². The molecule has 66 heavy (non-hydrogen) atoms. The second kappa shape index (κ2) is 21.7. The Bertz CT molecular complexity index is 2060. The van der Waals surface area contributed by atoms with Crippen molar-refractivity contribution < 1.29 is 18.6 Å². The summed E-state index contributed by atoms with van der Waals surface area (Å²) in [6.45, 7) is 21.4. The number of hydrogen-bond donors (Lipinski definition) is 0. The highest BCUT2D eigenvalue weighted by Gasteiger charge is 2.52. The lowest BCUT2D eigenvalue weighted by Crippen LogP contribution is -2.41. The summed E-state index contributed by atoms with van der Waals surface area (Å²) in [5, 5.41) is 0. The summed E-state index contributed by atoms with van der Waals surface area (Å²) in [7, 11) is -0.834. The number of aryl methyl sites for hydroxylation is 2. The summed E-state index contributed by atoms with van der Waals surface area (Å²) in [6, 6.07) is 44.7. The van der Waals surface area contributed by atoms with Crippen LogP contribution in [0.2, 0.25) is 0 Å². The number of nitrogens with zero attached hydrogens (tertiary/aromatic N) is 2. The first-order chi connectivity index (χ1) is 31.6. The molecule has 0 saturated carbocycles. The highest BCUT2D eigenvalue weighted by Crippen LogP contribution is 2.41. The molecule has 6 nitrogen and oxygen atoms in total. The molecule has 2 fully saturated rings. The van der Waals surface area contributed by atoms with Crippen LogP contribution in [0.1, 0.15) is 157 Å². The third-order valence-corrected chi connectivity index (χ3v) is 14.7. The minimum absolute atomic E-state index is 0.403. The highest BCUT2D eigenvalue weighted by atomic mass is 16.7. The van der Waals surface area contributed by atoms with E-state index in [1.54, 1.807) is 0 Å². The molecule has 0 unspecified atom stereocenters. The van der Waals surface area contributed by atoms with Gasteiger partial charge in [0.1, 0.15) is 0 Å². The fourth-order valence-corrected chi connectivity index (χ4v) is 9.01. The Hall–Kier alpha value is -4.33. The highest BCUT2D eigenvalue weighted by molar-refractivity contribution is 6.62. The molecule has 0 amide bonds. The van der Waals surface area contributed by atoms with E-state index in [1.165, 1.54) is 88.2 Å². The first-order valence-corrected chi connectivity index (χ1v) is 25.4. The van der Waals surface area contributed by atoms with Gasteiger partial charge in [-0.25, -0.2) is 0 Å². The van der Waals surface area contributed by atoms with E-state index in [1.807, 2.05) is 0 Å². The van der Waals surface area contributed by atoms with Gasteiger partial charge in [0.2, 0.25) is 0 Å². The molecule has 0 spiro atoms. The first-order valence-electron chi connectivity index (χ1n) is 25.4. The van der Waals surface area contributed by atoms with Crippen molar-refractivity contribution in [2.45, 2.75) is 182 Å². The molecule has 5 aromatic carbocycles. The normalized spacial score (nSPS) is 17.1. The van der Waals surface area contributed by atoms with Gasteiger partial charge in [-0.2, -0.15) is 0 Å². The van der Waals surface area contributed by atoms with Crippen LogP contribution in [0.25, 0.3) is 0 Å². The van der Waals surface area contributed by atoms with Gasteiger partial charge in [-0.05, 0) is 176 Å². The molecule has 7 rings (SSSR count). The van der Waals surface area contributed by atoms with Crippen LogP contribution in [0, 0.1) is 0 Å². The Morgan fingerprint density at radius 2 is 0.545 bits per heavy atom. The van der Waals surface area contributed by atoms with Crippen LogP contribution in [-0.4, -0.2) is 36.6 Å². The molecule has 8 heteroatoms. The molecular weight excluding hydrogens is 810 g/mol. The van der Waals surface area contributed by atoms with E-state index in [0.717, 1.165) is 57.9 Å².